The van der Waals surface area contributed by atoms with Crippen molar-refractivity contribution in [2.45, 2.75) is 32.4 Å². The zero-order chi connectivity index (χ0) is 9.84. The molecule has 1 aliphatic rings. The lowest BCUT2D eigenvalue weighted by Crippen LogP contribution is -2.37. The van der Waals surface area contributed by atoms with Crippen LogP contribution in [-0.2, 0) is 4.79 Å². The van der Waals surface area contributed by atoms with Gasteiger partial charge in [-0.1, -0.05) is 6.92 Å². The molecule has 0 aromatic heterocycles. The van der Waals surface area contributed by atoms with E-state index in [1.807, 2.05) is 16.7 Å². The topological polar surface area (TPSA) is 46.3 Å². The second kappa shape index (κ2) is 4.86. The van der Waals surface area contributed by atoms with Crippen LogP contribution in [0.2, 0.25) is 0 Å². The highest BCUT2D eigenvalue weighted by atomic mass is 32.2. The largest absolute Gasteiger partial charge is 0.338 e. The average molecular weight is 202 g/mol. The normalized spacial score (nSPS) is 25.3. The van der Waals surface area contributed by atoms with Gasteiger partial charge in [-0.3, -0.25) is 4.79 Å². The van der Waals surface area contributed by atoms with Crippen LogP contribution in [0.15, 0.2) is 0 Å². The Labute approximate surface area is 84.0 Å². The van der Waals surface area contributed by atoms with Crippen LogP contribution in [0.3, 0.4) is 0 Å². The molecule has 0 aromatic carbocycles. The van der Waals surface area contributed by atoms with Gasteiger partial charge in [0, 0.05) is 30.8 Å². The summed E-state index contributed by atoms with van der Waals surface area (Å²) in [6, 6.07) is 0.396. The van der Waals surface area contributed by atoms with Crippen LogP contribution in [0.4, 0.5) is 0 Å². The molecule has 0 aliphatic carbocycles. The molecule has 1 aliphatic heterocycles. The average Bonchev–Trinajstić information content (AvgIpc) is 2.41. The summed E-state index contributed by atoms with van der Waals surface area (Å²) < 4.78 is 0. The second-order valence-corrected chi connectivity index (χ2v) is 4.84. The Balaban J connectivity index is 2.38. The van der Waals surface area contributed by atoms with E-state index in [9.17, 15) is 4.79 Å². The fourth-order valence-corrected chi connectivity index (χ4v) is 2.32. The van der Waals surface area contributed by atoms with E-state index in [4.69, 9.17) is 5.73 Å². The van der Waals surface area contributed by atoms with Gasteiger partial charge in [-0.2, -0.15) is 11.8 Å². The molecule has 1 saturated heterocycles. The monoisotopic (exact) mass is 202 g/mol. The number of likely N-dealkylation sites (tertiary alicyclic amines) is 1. The van der Waals surface area contributed by atoms with E-state index in [0.717, 1.165) is 18.1 Å². The maximum absolute atomic E-state index is 11.4. The summed E-state index contributed by atoms with van der Waals surface area (Å²) in [4.78, 5) is 13.3. The molecule has 13 heavy (non-hydrogen) atoms. The van der Waals surface area contributed by atoms with Gasteiger partial charge in [-0.25, -0.2) is 0 Å². The molecule has 1 amide bonds. The SMILES string of the molecule is CCSCC(C)N1CC(N)CC1=O. The number of rotatable bonds is 4. The summed E-state index contributed by atoms with van der Waals surface area (Å²) in [5.41, 5.74) is 5.71. The maximum atomic E-state index is 11.4. The van der Waals surface area contributed by atoms with Gasteiger partial charge in [0.25, 0.3) is 0 Å². The molecule has 0 saturated carbocycles. The van der Waals surface area contributed by atoms with Gasteiger partial charge in [0.15, 0.2) is 0 Å². The third kappa shape index (κ3) is 2.88. The Bertz CT molecular complexity index is 186. The lowest BCUT2D eigenvalue weighted by molar-refractivity contribution is -0.128. The Kier molecular flexibility index (Phi) is 4.06. The minimum atomic E-state index is 0.0570. The molecule has 1 rings (SSSR count). The van der Waals surface area contributed by atoms with Gasteiger partial charge < -0.3 is 10.6 Å². The van der Waals surface area contributed by atoms with Crippen LogP contribution in [0.1, 0.15) is 20.3 Å². The first-order chi connectivity index (χ1) is 6.15. The van der Waals surface area contributed by atoms with Gasteiger partial charge in [0.1, 0.15) is 0 Å². The second-order valence-electron chi connectivity index (χ2n) is 3.52. The molecule has 3 nitrogen and oxygen atoms in total. The van der Waals surface area contributed by atoms with Crippen LogP contribution >= 0.6 is 11.8 Å². The summed E-state index contributed by atoms with van der Waals surface area (Å²) in [7, 11) is 0. The van der Waals surface area contributed by atoms with Crippen LogP contribution in [0, 0.1) is 0 Å². The van der Waals surface area contributed by atoms with Crippen molar-refractivity contribution in [3.05, 3.63) is 0 Å². The molecule has 0 bridgehead atoms. The van der Waals surface area contributed by atoms with E-state index < -0.39 is 0 Å². The highest BCUT2D eigenvalue weighted by molar-refractivity contribution is 7.99. The smallest absolute Gasteiger partial charge is 0.224 e. The van der Waals surface area contributed by atoms with Crippen molar-refractivity contribution < 1.29 is 4.79 Å². The molecule has 1 fully saturated rings. The van der Waals surface area contributed by atoms with E-state index in [1.54, 1.807) is 0 Å². The number of thioether (sulfide) groups is 1. The van der Waals surface area contributed by atoms with Crippen LogP contribution < -0.4 is 5.73 Å². The van der Waals surface area contributed by atoms with Gasteiger partial charge in [0.05, 0.1) is 0 Å². The third-order valence-electron chi connectivity index (χ3n) is 2.28. The first kappa shape index (κ1) is 10.9. The summed E-state index contributed by atoms with van der Waals surface area (Å²) in [5, 5.41) is 0. The Morgan fingerprint density at radius 2 is 2.46 bits per heavy atom. The van der Waals surface area contributed by atoms with Gasteiger partial charge >= 0.3 is 0 Å². The van der Waals surface area contributed by atoms with Gasteiger partial charge in [-0.05, 0) is 12.7 Å². The lowest BCUT2D eigenvalue weighted by atomic mass is 10.3. The Hall–Kier alpha value is -0.220. The van der Waals surface area contributed by atoms with Crippen molar-refractivity contribution in [1.82, 2.24) is 4.90 Å². The Morgan fingerprint density at radius 3 is 2.92 bits per heavy atom. The molecule has 76 valence electrons. The number of nitrogens with zero attached hydrogens (tertiary/aromatic N) is 1. The van der Waals surface area contributed by atoms with E-state index in [0.29, 0.717) is 12.5 Å². The number of amides is 1. The summed E-state index contributed by atoms with van der Waals surface area (Å²) in [5.74, 6) is 2.35. The number of nitrogens with two attached hydrogens (primary N) is 1. The highest BCUT2D eigenvalue weighted by Gasteiger charge is 2.29. The van der Waals surface area contributed by atoms with Crippen molar-refractivity contribution in [2.24, 2.45) is 5.73 Å². The number of hydrogen-bond acceptors (Lipinski definition) is 3. The van der Waals surface area contributed by atoms with Crippen molar-refractivity contribution in [1.29, 1.82) is 0 Å². The summed E-state index contributed by atoms with van der Waals surface area (Å²) >= 11 is 1.87. The molecular formula is C9H18N2OS. The minimum Gasteiger partial charge on any atom is -0.338 e. The van der Waals surface area contributed by atoms with E-state index >= 15 is 0 Å². The number of hydrogen-bond donors (Lipinski definition) is 1. The molecule has 0 radical (unpaired) electrons. The zero-order valence-corrected chi connectivity index (χ0v) is 9.14. The fourth-order valence-electron chi connectivity index (χ4n) is 1.56. The van der Waals surface area contributed by atoms with Crippen LogP contribution in [0.25, 0.3) is 0 Å². The molecule has 0 spiro atoms. The molecule has 2 N–H and O–H groups in total. The van der Waals surface area contributed by atoms with Gasteiger partial charge in [0.2, 0.25) is 5.91 Å². The molecular weight excluding hydrogens is 184 g/mol. The maximum Gasteiger partial charge on any atom is 0.224 e. The first-order valence-electron chi connectivity index (χ1n) is 4.78. The first-order valence-corrected chi connectivity index (χ1v) is 5.93. The van der Waals surface area contributed by atoms with E-state index in [2.05, 4.69) is 13.8 Å². The van der Waals surface area contributed by atoms with Crippen molar-refractivity contribution in [3.8, 4) is 0 Å². The number of carbonyl (C=O) groups is 1. The standard InChI is InChI=1S/C9H18N2OS/c1-3-13-6-7(2)11-5-8(10)4-9(11)12/h7-8H,3-6,10H2,1-2H3. The predicted molar refractivity (Wildman–Crippen MR) is 56.8 cm³/mol. The molecule has 0 aromatic rings. The van der Waals surface area contributed by atoms with E-state index in [1.165, 1.54) is 0 Å². The van der Waals surface area contributed by atoms with E-state index in [-0.39, 0.29) is 11.9 Å². The molecule has 4 heteroatoms. The minimum absolute atomic E-state index is 0.0570. The highest BCUT2D eigenvalue weighted by Crippen LogP contribution is 2.15. The zero-order valence-electron chi connectivity index (χ0n) is 8.32. The van der Waals surface area contributed by atoms with Crippen molar-refractivity contribution in [3.63, 3.8) is 0 Å². The molecule has 2 unspecified atom stereocenters. The van der Waals surface area contributed by atoms with Crippen LogP contribution in [-0.4, -0.2) is 40.9 Å². The van der Waals surface area contributed by atoms with Gasteiger partial charge in [-0.15, -0.1) is 0 Å². The lowest BCUT2D eigenvalue weighted by Gasteiger charge is -2.23. The molecule has 1 heterocycles. The third-order valence-corrected chi connectivity index (χ3v) is 3.41. The number of carbonyl (C=O) groups excluding carboxylic acids is 1. The molecule has 2 atom stereocenters. The fraction of sp³-hybridized carbons (Fsp3) is 0.889. The predicted octanol–water partition coefficient (Wildman–Crippen LogP) is 0.688. The summed E-state index contributed by atoms with van der Waals surface area (Å²) in [6.07, 6.45) is 0.529. The quantitative estimate of drug-likeness (QED) is 0.729. The Morgan fingerprint density at radius 1 is 1.77 bits per heavy atom. The van der Waals surface area contributed by atoms with Crippen LogP contribution in [0.5, 0.6) is 0 Å². The van der Waals surface area contributed by atoms with Crippen molar-refractivity contribution in [2.75, 3.05) is 18.1 Å². The summed E-state index contributed by atoms with van der Waals surface area (Å²) in [6.45, 7) is 4.97. The van der Waals surface area contributed by atoms with Crippen molar-refractivity contribution >= 4 is 17.7 Å².